The number of esters is 1. The van der Waals surface area contributed by atoms with Crippen molar-refractivity contribution in [1.29, 1.82) is 0 Å². The number of methoxy groups -OCH3 is 1. The highest BCUT2D eigenvalue weighted by molar-refractivity contribution is 7.99. The fourth-order valence-corrected chi connectivity index (χ4v) is 4.02. The highest BCUT2D eigenvalue weighted by Gasteiger charge is 2.41. The number of likely N-dealkylation sites (tertiary alicyclic amines) is 1. The third kappa shape index (κ3) is 5.04. The van der Waals surface area contributed by atoms with E-state index in [2.05, 4.69) is 0 Å². The smallest absolute Gasteiger partial charge is 0.328 e. The number of benzene rings is 2. The van der Waals surface area contributed by atoms with Gasteiger partial charge < -0.3 is 14.4 Å². The molecule has 0 saturated carbocycles. The van der Waals surface area contributed by atoms with E-state index in [1.54, 1.807) is 23.9 Å². The number of amides is 1. The summed E-state index contributed by atoms with van der Waals surface area (Å²) >= 11 is 1.58. The largest absolute Gasteiger partial charge is 0.485 e. The molecule has 5 nitrogen and oxygen atoms in total. The van der Waals surface area contributed by atoms with Gasteiger partial charge >= 0.3 is 5.97 Å². The molecular weight excluding hydrogens is 381 g/mol. The van der Waals surface area contributed by atoms with Crippen LogP contribution in [0.3, 0.4) is 0 Å². The molecule has 1 aliphatic rings. The predicted molar refractivity (Wildman–Crippen MR) is 105 cm³/mol. The van der Waals surface area contributed by atoms with Crippen LogP contribution >= 0.6 is 11.8 Å². The Bertz CT molecular complexity index is 817. The summed E-state index contributed by atoms with van der Waals surface area (Å²) in [6, 6.07) is 15.2. The third-order valence-electron chi connectivity index (χ3n) is 4.51. The zero-order chi connectivity index (χ0) is 19.9. The molecule has 1 fully saturated rings. The molecule has 0 spiro atoms. The Morgan fingerprint density at radius 2 is 1.86 bits per heavy atom. The van der Waals surface area contributed by atoms with Crippen molar-refractivity contribution in [2.75, 3.05) is 19.4 Å². The number of nitrogens with zero attached hydrogens (tertiary/aromatic N) is 1. The van der Waals surface area contributed by atoms with Crippen LogP contribution in [-0.4, -0.2) is 48.3 Å². The van der Waals surface area contributed by atoms with Gasteiger partial charge in [-0.2, -0.15) is 0 Å². The Balaban J connectivity index is 1.61. The topological polar surface area (TPSA) is 55.8 Å². The van der Waals surface area contributed by atoms with Gasteiger partial charge in [-0.1, -0.05) is 30.3 Å². The molecule has 0 aromatic heterocycles. The van der Waals surface area contributed by atoms with Gasteiger partial charge in [0.25, 0.3) is 0 Å². The average Bonchev–Trinajstić information content (AvgIpc) is 3.14. The number of rotatable bonds is 7. The maximum atomic E-state index is 13.8. The molecule has 7 heteroatoms. The fourth-order valence-electron chi connectivity index (χ4n) is 3.15. The van der Waals surface area contributed by atoms with Crippen LogP contribution in [0.4, 0.5) is 4.39 Å². The van der Waals surface area contributed by atoms with Crippen LogP contribution in [0.15, 0.2) is 59.5 Å². The number of hydrogen-bond donors (Lipinski definition) is 0. The van der Waals surface area contributed by atoms with Gasteiger partial charge in [0.1, 0.15) is 12.1 Å². The van der Waals surface area contributed by atoms with Crippen molar-refractivity contribution in [1.82, 2.24) is 4.90 Å². The summed E-state index contributed by atoms with van der Waals surface area (Å²) in [5.41, 5.74) is 0. The molecular formula is C21H22FNO4S. The van der Waals surface area contributed by atoms with Gasteiger partial charge in [-0.05, 0) is 24.3 Å². The van der Waals surface area contributed by atoms with Crippen LogP contribution in [0, 0.1) is 5.82 Å². The normalized spacial score (nSPS) is 18.7. The summed E-state index contributed by atoms with van der Waals surface area (Å²) in [6.07, 6.45) is 0.102. The molecule has 0 N–H and O–H groups in total. The van der Waals surface area contributed by atoms with Crippen molar-refractivity contribution in [2.24, 2.45) is 0 Å². The van der Waals surface area contributed by atoms with E-state index in [4.69, 9.17) is 9.47 Å². The van der Waals surface area contributed by atoms with E-state index in [1.165, 1.54) is 24.1 Å². The second-order valence-electron chi connectivity index (χ2n) is 6.40. The van der Waals surface area contributed by atoms with Crippen LogP contribution in [0.25, 0.3) is 0 Å². The van der Waals surface area contributed by atoms with E-state index in [1.807, 2.05) is 30.3 Å². The van der Waals surface area contributed by atoms with Crippen LogP contribution in [0.5, 0.6) is 5.75 Å². The van der Waals surface area contributed by atoms with Crippen molar-refractivity contribution >= 4 is 23.6 Å². The van der Waals surface area contributed by atoms with Crippen LogP contribution in [0.2, 0.25) is 0 Å². The molecule has 1 saturated heterocycles. The van der Waals surface area contributed by atoms with E-state index in [0.29, 0.717) is 12.2 Å². The average molecular weight is 403 g/mol. The zero-order valence-electron chi connectivity index (χ0n) is 15.5. The van der Waals surface area contributed by atoms with Crippen molar-refractivity contribution < 1.29 is 23.5 Å². The van der Waals surface area contributed by atoms with Gasteiger partial charge in [-0.15, -0.1) is 11.8 Å². The first kappa shape index (κ1) is 20.2. The van der Waals surface area contributed by atoms with Gasteiger partial charge in [0.15, 0.2) is 11.6 Å². The summed E-state index contributed by atoms with van der Waals surface area (Å²) in [6.45, 7) is 0.225. The second-order valence-corrected chi connectivity index (χ2v) is 7.57. The molecule has 148 valence electrons. The number of carbonyl (C=O) groups is 2. The Kier molecular flexibility index (Phi) is 6.92. The lowest BCUT2D eigenvalue weighted by atomic mass is 10.2. The van der Waals surface area contributed by atoms with Gasteiger partial charge in [-0.3, -0.25) is 4.79 Å². The predicted octanol–water partition coefficient (Wildman–Crippen LogP) is 3.53. The Morgan fingerprint density at radius 1 is 1.14 bits per heavy atom. The van der Waals surface area contributed by atoms with Gasteiger partial charge in [0.05, 0.1) is 13.7 Å². The molecule has 0 bridgehead atoms. The molecule has 3 rings (SSSR count). The van der Waals surface area contributed by atoms with Crippen molar-refractivity contribution in [3.8, 4) is 5.75 Å². The first-order valence-electron chi connectivity index (χ1n) is 9.05. The number of carbonyl (C=O) groups excluding carboxylic acids is 2. The highest BCUT2D eigenvalue weighted by Crippen LogP contribution is 2.27. The molecule has 0 unspecified atom stereocenters. The van der Waals surface area contributed by atoms with E-state index in [9.17, 15) is 14.0 Å². The van der Waals surface area contributed by atoms with E-state index >= 15 is 0 Å². The summed E-state index contributed by atoms with van der Waals surface area (Å²) in [4.78, 5) is 27.4. The SMILES string of the molecule is COC(=O)[C@@H]1C[C@@H](Oc2ccccc2F)CN1C(=O)CCSc1ccccc1. The number of hydrogen-bond acceptors (Lipinski definition) is 5. The highest BCUT2D eigenvalue weighted by atomic mass is 32.2. The Morgan fingerprint density at radius 3 is 2.57 bits per heavy atom. The van der Waals surface area contributed by atoms with Crippen LogP contribution < -0.4 is 4.74 Å². The Labute approximate surface area is 167 Å². The lowest BCUT2D eigenvalue weighted by Gasteiger charge is -2.22. The third-order valence-corrected chi connectivity index (χ3v) is 5.53. The lowest BCUT2D eigenvalue weighted by Crippen LogP contribution is -2.41. The minimum absolute atomic E-state index is 0.116. The molecule has 2 aromatic rings. The van der Waals surface area contributed by atoms with Crippen molar-refractivity contribution in [2.45, 2.75) is 29.9 Å². The van der Waals surface area contributed by atoms with E-state index in [0.717, 1.165) is 4.90 Å². The Hall–Kier alpha value is -2.54. The maximum absolute atomic E-state index is 13.8. The van der Waals surface area contributed by atoms with Gasteiger partial charge in [0, 0.05) is 23.5 Å². The molecule has 1 heterocycles. The standard InChI is InChI=1S/C21H22FNO4S/c1-26-21(25)18-13-15(27-19-10-6-5-9-17(19)22)14-23(18)20(24)11-12-28-16-7-3-2-4-8-16/h2-10,15,18H,11-14H2,1H3/t15-,18+/m1/s1. The first-order chi connectivity index (χ1) is 13.6. The zero-order valence-corrected chi connectivity index (χ0v) is 16.4. The summed E-state index contributed by atoms with van der Waals surface area (Å²) < 4.78 is 24.4. The summed E-state index contributed by atoms with van der Waals surface area (Å²) in [5.74, 6) is -0.375. The van der Waals surface area contributed by atoms with Crippen LogP contribution in [0.1, 0.15) is 12.8 Å². The van der Waals surface area contributed by atoms with Crippen molar-refractivity contribution in [3.05, 3.63) is 60.4 Å². The molecule has 0 radical (unpaired) electrons. The molecule has 0 aliphatic carbocycles. The molecule has 1 amide bonds. The maximum Gasteiger partial charge on any atom is 0.328 e. The summed E-state index contributed by atoms with van der Waals surface area (Å²) in [7, 11) is 1.29. The number of para-hydroxylation sites is 1. The fraction of sp³-hybridized carbons (Fsp3) is 0.333. The van der Waals surface area contributed by atoms with Gasteiger partial charge in [0.2, 0.25) is 5.91 Å². The molecule has 2 atom stereocenters. The van der Waals surface area contributed by atoms with Gasteiger partial charge in [-0.25, -0.2) is 9.18 Å². The minimum atomic E-state index is -0.712. The molecule has 1 aliphatic heterocycles. The lowest BCUT2D eigenvalue weighted by molar-refractivity contribution is -0.150. The second kappa shape index (κ2) is 9.59. The first-order valence-corrected chi connectivity index (χ1v) is 10.0. The molecule has 28 heavy (non-hydrogen) atoms. The number of ether oxygens (including phenoxy) is 2. The minimum Gasteiger partial charge on any atom is -0.485 e. The van der Waals surface area contributed by atoms with E-state index in [-0.39, 0.29) is 24.6 Å². The number of halogens is 1. The monoisotopic (exact) mass is 403 g/mol. The quantitative estimate of drug-likeness (QED) is 0.523. The summed E-state index contributed by atoms with van der Waals surface area (Å²) in [5, 5.41) is 0. The van der Waals surface area contributed by atoms with Crippen LogP contribution in [-0.2, 0) is 14.3 Å². The van der Waals surface area contributed by atoms with E-state index < -0.39 is 23.9 Å². The molecule has 2 aromatic carbocycles. The number of thioether (sulfide) groups is 1. The van der Waals surface area contributed by atoms with Crippen molar-refractivity contribution in [3.63, 3.8) is 0 Å².